The number of hydrogen-bond donors (Lipinski definition) is 3. The first kappa shape index (κ1) is 15.1. The highest BCUT2D eigenvalue weighted by atomic mass is 15.3. The van der Waals surface area contributed by atoms with Gasteiger partial charge in [-0.3, -0.25) is 10.7 Å². The molecule has 2 aliphatic heterocycles. The highest BCUT2D eigenvalue weighted by molar-refractivity contribution is 6.20. The van der Waals surface area contributed by atoms with Crippen LogP contribution in [0.2, 0.25) is 0 Å². The molecule has 0 aromatic carbocycles. The summed E-state index contributed by atoms with van der Waals surface area (Å²) in [5.74, 6) is 0.692. The van der Waals surface area contributed by atoms with Crippen LogP contribution >= 0.6 is 0 Å². The third-order valence-corrected chi connectivity index (χ3v) is 3.70. The second kappa shape index (κ2) is 6.01. The topological polar surface area (TPSA) is 116 Å². The molecule has 0 bridgehead atoms. The molecular weight excluding hydrogens is 266 g/mol. The maximum absolute atomic E-state index is 7.56. The highest BCUT2D eigenvalue weighted by Crippen LogP contribution is 2.20. The van der Waals surface area contributed by atoms with E-state index >= 15 is 0 Å². The van der Waals surface area contributed by atoms with Crippen LogP contribution in [0, 0.1) is 5.41 Å². The number of aliphatic imine (C=N–C) groups is 3. The molecule has 0 aromatic heterocycles. The van der Waals surface area contributed by atoms with E-state index < -0.39 is 6.29 Å². The van der Waals surface area contributed by atoms with Crippen molar-refractivity contribution in [1.29, 1.82) is 5.41 Å². The van der Waals surface area contributed by atoms with Crippen LogP contribution in [0.1, 0.15) is 26.7 Å². The van der Waals surface area contributed by atoms with E-state index in [0.29, 0.717) is 22.9 Å². The fourth-order valence-corrected chi connectivity index (χ4v) is 2.21. The summed E-state index contributed by atoms with van der Waals surface area (Å²) >= 11 is 0. The van der Waals surface area contributed by atoms with E-state index in [0.717, 1.165) is 24.1 Å². The molecule has 7 nitrogen and oxygen atoms in total. The number of amidine groups is 2. The second-order valence-corrected chi connectivity index (χ2v) is 5.10. The first-order chi connectivity index (χ1) is 9.95. The number of nitrogens with zero attached hydrogens (tertiary/aromatic N) is 4. The maximum atomic E-state index is 7.56. The lowest BCUT2D eigenvalue weighted by Crippen LogP contribution is -2.41. The van der Waals surface area contributed by atoms with E-state index in [1.807, 2.05) is 27.1 Å². The zero-order valence-corrected chi connectivity index (χ0v) is 12.6. The first-order valence-electron chi connectivity index (χ1n) is 6.80. The minimum atomic E-state index is -0.523. The molecule has 0 radical (unpaired) electrons. The van der Waals surface area contributed by atoms with E-state index in [9.17, 15) is 0 Å². The largest absolute Gasteiger partial charge is 0.382 e. The van der Waals surface area contributed by atoms with Gasteiger partial charge in [0.05, 0.1) is 5.57 Å². The van der Waals surface area contributed by atoms with Crippen LogP contribution in [0.15, 0.2) is 37.5 Å². The van der Waals surface area contributed by atoms with Gasteiger partial charge in [0.15, 0.2) is 18.0 Å². The van der Waals surface area contributed by atoms with Crippen LogP contribution in [0.4, 0.5) is 0 Å². The summed E-state index contributed by atoms with van der Waals surface area (Å²) < 4.78 is 0. The van der Waals surface area contributed by atoms with Crippen molar-refractivity contribution in [2.75, 3.05) is 7.05 Å². The molecule has 0 saturated carbocycles. The van der Waals surface area contributed by atoms with Crippen molar-refractivity contribution >= 4 is 24.1 Å². The Morgan fingerprint density at radius 2 is 2.24 bits per heavy atom. The number of nitrogens with one attached hydrogen (secondary N) is 1. The summed E-state index contributed by atoms with van der Waals surface area (Å²) in [5, 5.41) is 7.56. The average molecular weight is 287 g/mol. The summed E-state index contributed by atoms with van der Waals surface area (Å²) in [5.41, 5.74) is 15.2. The van der Waals surface area contributed by atoms with Crippen LogP contribution in [0.25, 0.3) is 0 Å². The lowest BCUT2D eigenvalue weighted by Gasteiger charge is -2.30. The summed E-state index contributed by atoms with van der Waals surface area (Å²) in [6, 6.07) is 0. The van der Waals surface area contributed by atoms with Crippen molar-refractivity contribution in [3.63, 3.8) is 0 Å². The van der Waals surface area contributed by atoms with Crippen LogP contribution in [0.5, 0.6) is 0 Å². The summed E-state index contributed by atoms with van der Waals surface area (Å²) in [7, 11) is 1.83. The van der Waals surface area contributed by atoms with Crippen LogP contribution in [-0.2, 0) is 0 Å². The molecule has 1 atom stereocenters. The third kappa shape index (κ3) is 2.92. The zero-order chi connectivity index (χ0) is 15.6. The van der Waals surface area contributed by atoms with Gasteiger partial charge in [-0.05, 0) is 32.3 Å². The van der Waals surface area contributed by atoms with E-state index in [1.54, 1.807) is 4.90 Å². The summed E-state index contributed by atoms with van der Waals surface area (Å²) in [6.45, 7) is 3.87. The smallest absolute Gasteiger partial charge is 0.175 e. The van der Waals surface area contributed by atoms with Crippen molar-refractivity contribution in [1.82, 2.24) is 4.90 Å². The molecule has 21 heavy (non-hydrogen) atoms. The lowest BCUT2D eigenvalue weighted by molar-refractivity contribution is 0.314. The van der Waals surface area contributed by atoms with E-state index in [1.165, 1.54) is 6.21 Å². The summed E-state index contributed by atoms with van der Waals surface area (Å²) in [4.78, 5) is 14.7. The molecule has 1 unspecified atom stereocenters. The van der Waals surface area contributed by atoms with Gasteiger partial charge in [0.1, 0.15) is 5.70 Å². The fraction of sp³-hybridized carbons (Fsp3) is 0.429. The predicted octanol–water partition coefficient (Wildman–Crippen LogP) is 0.992. The molecule has 2 aliphatic rings. The van der Waals surface area contributed by atoms with Crippen LogP contribution < -0.4 is 11.5 Å². The van der Waals surface area contributed by atoms with Crippen molar-refractivity contribution < 1.29 is 0 Å². The van der Waals surface area contributed by atoms with Crippen molar-refractivity contribution in [2.45, 2.75) is 33.0 Å². The fourth-order valence-electron chi connectivity index (χ4n) is 2.21. The molecule has 0 aromatic rings. The first-order valence-corrected chi connectivity index (χ1v) is 6.80. The Balaban J connectivity index is 2.41. The molecule has 0 amide bonds. The molecule has 0 saturated heterocycles. The molecule has 5 N–H and O–H groups in total. The Morgan fingerprint density at radius 1 is 1.52 bits per heavy atom. The SMILES string of the molecule is CC1=C(C(N)=NC2=NC(N)N(C)C(C)=C2C=N)N=CCC1. The number of nitrogens with two attached hydrogens (primary N) is 2. The molecule has 0 spiro atoms. The quantitative estimate of drug-likeness (QED) is 0.519. The normalized spacial score (nSPS) is 23.6. The monoisotopic (exact) mass is 287 g/mol. The van der Waals surface area contributed by atoms with Crippen molar-refractivity contribution in [3.05, 3.63) is 22.5 Å². The van der Waals surface area contributed by atoms with Crippen LogP contribution in [-0.4, -0.2) is 42.3 Å². The van der Waals surface area contributed by atoms with E-state index in [4.69, 9.17) is 16.9 Å². The maximum Gasteiger partial charge on any atom is 0.175 e. The van der Waals surface area contributed by atoms with Gasteiger partial charge in [-0.1, -0.05) is 0 Å². The zero-order valence-electron chi connectivity index (χ0n) is 12.6. The minimum Gasteiger partial charge on any atom is -0.382 e. The second-order valence-electron chi connectivity index (χ2n) is 5.10. The van der Waals surface area contributed by atoms with Gasteiger partial charge in [0.25, 0.3) is 0 Å². The van der Waals surface area contributed by atoms with Crippen molar-refractivity contribution in [3.8, 4) is 0 Å². The molecular formula is C14H21N7. The van der Waals surface area contributed by atoms with Gasteiger partial charge in [-0.25, -0.2) is 9.98 Å². The minimum absolute atomic E-state index is 0.311. The Morgan fingerprint density at radius 3 is 2.86 bits per heavy atom. The molecule has 0 aliphatic carbocycles. The van der Waals surface area contributed by atoms with E-state index in [2.05, 4.69) is 15.0 Å². The highest BCUT2D eigenvalue weighted by Gasteiger charge is 2.22. The lowest BCUT2D eigenvalue weighted by atomic mass is 10.1. The van der Waals surface area contributed by atoms with Gasteiger partial charge in [0, 0.05) is 25.2 Å². The van der Waals surface area contributed by atoms with Crippen LogP contribution in [0.3, 0.4) is 0 Å². The Bertz CT molecular complexity index is 607. The Kier molecular flexibility index (Phi) is 4.32. The van der Waals surface area contributed by atoms with Gasteiger partial charge in [0.2, 0.25) is 0 Å². The summed E-state index contributed by atoms with van der Waals surface area (Å²) in [6.07, 6.45) is 4.38. The number of rotatable bonds is 2. The standard InChI is InChI=1S/C14H21N7/c1-8-5-4-6-18-11(8)12(16)19-13-10(7-15)9(2)21(3)14(17)20-13/h6-7,14-15H,4-5,17H2,1-3H3,(H2,16,19,20). The van der Waals surface area contributed by atoms with Gasteiger partial charge in [-0.2, -0.15) is 0 Å². The number of hydrogen-bond acceptors (Lipinski definition) is 6. The average Bonchev–Trinajstić information content (AvgIpc) is 2.45. The van der Waals surface area contributed by atoms with Gasteiger partial charge in [-0.15, -0.1) is 0 Å². The molecule has 2 rings (SSSR count). The molecule has 7 heteroatoms. The Hall–Kier alpha value is -2.28. The third-order valence-electron chi connectivity index (χ3n) is 3.70. The molecule has 112 valence electrons. The molecule has 0 fully saturated rings. The van der Waals surface area contributed by atoms with Gasteiger partial charge >= 0.3 is 0 Å². The number of allylic oxidation sites excluding steroid dienone is 2. The van der Waals surface area contributed by atoms with E-state index in [-0.39, 0.29) is 0 Å². The van der Waals surface area contributed by atoms with Crippen molar-refractivity contribution in [2.24, 2.45) is 26.4 Å². The molecule has 2 heterocycles. The predicted molar refractivity (Wildman–Crippen MR) is 86.7 cm³/mol. The van der Waals surface area contributed by atoms with Gasteiger partial charge < -0.3 is 16.0 Å². The Labute approximate surface area is 124 Å².